The lowest BCUT2D eigenvalue weighted by atomic mass is 9.96. The van der Waals surface area contributed by atoms with E-state index in [0.717, 1.165) is 5.92 Å². The molecule has 1 aromatic rings. The van der Waals surface area contributed by atoms with Gasteiger partial charge in [0.1, 0.15) is 0 Å². The van der Waals surface area contributed by atoms with Gasteiger partial charge in [-0.2, -0.15) is 0 Å². The standard InChI is InChI=1S/C13H22N2S/c1-10-5-3-7-15(9-10)13(11(2)14)12-6-4-8-16-12/h4,6,8,10-11,13H,3,5,7,9,14H2,1-2H3. The van der Waals surface area contributed by atoms with Gasteiger partial charge in [0.05, 0.1) is 6.04 Å². The Morgan fingerprint density at radius 1 is 1.56 bits per heavy atom. The third-order valence-corrected chi connectivity index (χ3v) is 4.36. The maximum atomic E-state index is 6.17. The van der Waals surface area contributed by atoms with E-state index in [1.807, 2.05) is 11.3 Å². The van der Waals surface area contributed by atoms with Gasteiger partial charge in [-0.05, 0) is 43.7 Å². The van der Waals surface area contributed by atoms with Crippen LogP contribution >= 0.6 is 11.3 Å². The molecular formula is C13H22N2S. The number of hydrogen-bond acceptors (Lipinski definition) is 3. The second kappa shape index (κ2) is 5.30. The molecule has 0 aliphatic carbocycles. The van der Waals surface area contributed by atoms with Crippen LogP contribution in [0.1, 0.15) is 37.6 Å². The van der Waals surface area contributed by atoms with E-state index in [4.69, 9.17) is 5.73 Å². The summed E-state index contributed by atoms with van der Waals surface area (Å²) in [7, 11) is 0. The molecule has 2 rings (SSSR count). The summed E-state index contributed by atoms with van der Waals surface area (Å²) in [5.41, 5.74) is 6.17. The van der Waals surface area contributed by atoms with Crippen molar-refractivity contribution in [2.75, 3.05) is 13.1 Å². The lowest BCUT2D eigenvalue weighted by molar-refractivity contribution is 0.118. The minimum atomic E-state index is 0.212. The maximum Gasteiger partial charge on any atom is 0.0590 e. The molecule has 16 heavy (non-hydrogen) atoms. The zero-order valence-corrected chi connectivity index (χ0v) is 11.0. The molecule has 3 atom stereocenters. The number of hydrogen-bond donors (Lipinski definition) is 1. The molecular weight excluding hydrogens is 216 g/mol. The van der Waals surface area contributed by atoms with Gasteiger partial charge in [-0.1, -0.05) is 13.0 Å². The first-order chi connectivity index (χ1) is 7.68. The van der Waals surface area contributed by atoms with Crippen molar-refractivity contribution in [3.63, 3.8) is 0 Å². The average Bonchev–Trinajstić information content (AvgIpc) is 2.71. The van der Waals surface area contributed by atoms with E-state index in [2.05, 4.69) is 36.3 Å². The van der Waals surface area contributed by atoms with Crippen LogP contribution in [0.5, 0.6) is 0 Å². The van der Waals surface area contributed by atoms with E-state index < -0.39 is 0 Å². The molecule has 3 unspecified atom stereocenters. The second-order valence-corrected chi connectivity index (χ2v) is 6.04. The van der Waals surface area contributed by atoms with Gasteiger partial charge >= 0.3 is 0 Å². The number of rotatable bonds is 3. The summed E-state index contributed by atoms with van der Waals surface area (Å²) in [4.78, 5) is 3.99. The van der Waals surface area contributed by atoms with Gasteiger partial charge in [0.15, 0.2) is 0 Å². The fourth-order valence-corrected chi connectivity index (χ4v) is 3.68. The molecule has 0 radical (unpaired) electrons. The van der Waals surface area contributed by atoms with Crippen molar-refractivity contribution in [3.05, 3.63) is 22.4 Å². The van der Waals surface area contributed by atoms with Gasteiger partial charge in [-0.25, -0.2) is 0 Å². The van der Waals surface area contributed by atoms with E-state index in [1.54, 1.807) is 0 Å². The van der Waals surface area contributed by atoms with Gasteiger partial charge < -0.3 is 5.73 Å². The van der Waals surface area contributed by atoms with Crippen molar-refractivity contribution in [1.29, 1.82) is 0 Å². The minimum absolute atomic E-state index is 0.212. The number of piperidine rings is 1. The van der Waals surface area contributed by atoms with Gasteiger partial charge in [-0.3, -0.25) is 4.90 Å². The molecule has 0 spiro atoms. The number of nitrogens with two attached hydrogens (primary N) is 1. The monoisotopic (exact) mass is 238 g/mol. The van der Waals surface area contributed by atoms with E-state index in [1.165, 1.54) is 30.8 Å². The van der Waals surface area contributed by atoms with Crippen molar-refractivity contribution in [2.24, 2.45) is 11.7 Å². The van der Waals surface area contributed by atoms with Crippen molar-refractivity contribution < 1.29 is 0 Å². The first-order valence-electron chi connectivity index (χ1n) is 6.21. The Balaban J connectivity index is 2.13. The highest BCUT2D eigenvalue weighted by atomic mass is 32.1. The molecule has 2 N–H and O–H groups in total. The molecule has 0 amide bonds. The Labute approximate surface area is 102 Å². The Bertz CT molecular complexity index is 308. The second-order valence-electron chi connectivity index (χ2n) is 5.06. The molecule has 1 aromatic heterocycles. The van der Waals surface area contributed by atoms with E-state index in [-0.39, 0.29) is 6.04 Å². The molecule has 1 aliphatic heterocycles. The summed E-state index contributed by atoms with van der Waals surface area (Å²) < 4.78 is 0. The number of thiophene rings is 1. The van der Waals surface area contributed by atoms with Crippen LogP contribution < -0.4 is 5.73 Å². The quantitative estimate of drug-likeness (QED) is 0.877. The van der Waals surface area contributed by atoms with Crippen LogP contribution in [0.25, 0.3) is 0 Å². The van der Waals surface area contributed by atoms with E-state index >= 15 is 0 Å². The number of likely N-dealkylation sites (tertiary alicyclic amines) is 1. The van der Waals surface area contributed by atoms with Crippen LogP contribution in [0.3, 0.4) is 0 Å². The first-order valence-corrected chi connectivity index (χ1v) is 7.09. The van der Waals surface area contributed by atoms with Crippen molar-refractivity contribution in [2.45, 2.75) is 38.8 Å². The molecule has 0 bridgehead atoms. The van der Waals surface area contributed by atoms with Crippen LogP contribution in [0.2, 0.25) is 0 Å². The largest absolute Gasteiger partial charge is 0.326 e. The molecule has 1 saturated heterocycles. The normalized spacial score (nSPS) is 26.6. The Kier molecular flexibility index (Phi) is 4.00. The maximum absolute atomic E-state index is 6.17. The summed E-state index contributed by atoms with van der Waals surface area (Å²) in [6.45, 7) is 6.88. The Morgan fingerprint density at radius 3 is 2.94 bits per heavy atom. The first kappa shape index (κ1) is 12.1. The summed E-state index contributed by atoms with van der Waals surface area (Å²) >= 11 is 1.83. The molecule has 0 saturated carbocycles. The summed E-state index contributed by atoms with van der Waals surface area (Å²) in [5.74, 6) is 0.815. The Morgan fingerprint density at radius 2 is 2.38 bits per heavy atom. The van der Waals surface area contributed by atoms with Gasteiger partial charge in [0.25, 0.3) is 0 Å². The third kappa shape index (κ3) is 2.65. The predicted octanol–water partition coefficient (Wildman–Crippen LogP) is 2.87. The van der Waals surface area contributed by atoms with Gasteiger partial charge in [0.2, 0.25) is 0 Å². The van der Waals surface area contributed by atoms with Crippen LogP contribution in [0.4, 0.5) is 0 Å². The fraction of sp³-hybridized carbons (Fsp3) is 0.692. The molecule has 0 aromatic carbocycles. The van der Waals surface area contributed by atoms with E-state index in [9.17, 15) is 0 Å². The lowest BCUT2D eigenvalue weighted by Crippen LogP contribution is -2.43. The zero-order valence-electron chi connectivity index (χ0n) is 10.2. The molecule has 90 valence electrons. The van der Waals surface area contributed by atoms with Crippen LogP contribution in [-0.2, 0) is 0 Å². The highest BCUT2D eigenvalue weighted by Gasteiger charge is 2.28. The van der Waals surface area contributed by atoms with Crippen molar-refractivity contribution in [3.8, 4) is 0 Å². The highest BCUT2D eigenvalue weighted by molar-refractivity contribution is 7.10. The third-order valence-electron chi connectivity index (χ3n) is 3.41. The average molecular weight is 238 g/mol. The number of nitrogens with zero attached hydrogens (tertiary/aromatic N) is 1. The summed E-state index contributed by atoms with van der Waals surface area (Å²) in [6.07, 6.45) is 2.68. The van der Waals surface area contributed by atoms with Crippen molar-refractivity contribution >= 4 is 11.3 Å². The summed E-state index contributed by atoms with van der Waals surface area (Å²) in [5, 5.41) is 2.15. The fourth-order valence-electron chi connectivity index (χ4n) is 2.71. The van der Waals surface area contributed by atoms with Crippen LogP contribution in [0.15, 0.2) is 17.5 Å². The van der Waals surface area contributed by atoms with Gasteiger partial charge in [-0.15, -0.1) is 11.3 Å². The molecule has 2 heterocycles. The molecule has 1 fully saturated rings. The lowest BCUT2D eigenvalue weighted by Gasteiger charge is -2.38. The van der Waals surface area contributed by atoms with Crippen LogP contribution in [-0.4, -0.2) is 24.0 Å². The Hall–Kier alpha value is -0.380. The minimum Gasteiger partial charge on any atom is -0.326 e. The molecule has 1 aliphatic rings. The SMILES string of the molecule is CC1CCCN(C(c2cccs2)C(C)N)C1. The highest BCUT2D eigenvalue weighted by Crippen LogP contribution is 2.31. The molecule has 2 nitrogen and oxygen atoms in total. The van der Waals surface area contributed by atoms with E-state index in [0.29, 0.717) is 6.04 Å². The van der Waals surface area contributed by atoms with Crippen LogP contribution in [0, 0.1) is 5.92 Å². The summed E-state index contributed by atoms with van der Waals surface area (Å²) in [6, 6.07) is 4.98. The topological polar surface area (TPSA) is 29.3 Å². The van der Waals surface area contributed by atoms with Crippen molar-refractivity contribution in [1.82, 2.24) is 4.90 Å². The predicted molar refractivity (Wildman–Crippen MR) is 70.7 cm³/mol. The van der Waals surface area contributed by atoms with Gasteiger partial charge in [0, 0.05) is 17.5 Å². The smallest absolute Gasteiger partial charge is 0.0590 e. The zero-order chi connectivity index (χ0) is 11.5. The molecule has 3 heteroatoms.